The molecule has 3 rings (SSSR count). The van der Waals surface area contributed by atoms with E-state index in [1.807, 2.05) is 43.3 Å². The summed E-state index contributed by atoms with van der Waals surface area (Å²) in [4.78, 5) is 12.6. The normalized spacial score (nSPS) is 11.5. The van der Waals surface area contributed by atoms with Gasteiger partial charge in [-0.3, -0.25) is 4.79 Å². The predicted octanol–water partition coefficient (Wildman–Crippen LogP) is 4.36. The van der Waals surface area contributed by atoms with Crippen molar-refractivity contribution in [2.24, 2.45) is 5.92 Å². The molecule has 1 unspecified atom stereocenters. The van der Waals surface area contributed by atoms with Crippen LogP contribution in [0.15, 0.2) is 60.7 Å². The van der Waals surface area contributed by atoms with E-state index in [1.165, 1.54) is 10.8 Å². The number of fused-ring (bicyclic) bond motifs is 1. The molecular weight excluding hydrogens is 362 g/mol. The highest BCUT2D eigenvalue weighted by atomic mass is 16.5. The Morgan fingerprint density at radius 1 is 1.03 bits per heavy atom. The Balaban J connectivity index is 1.59. The van der Waals surface area contributed by atoms with E-state index in [9.17, 15) is 4.79 Å². The van der Waals surface area contributed by atoms with Gasteiger partial charge in [0.25, 0.3) is 0 Å². The van der Waals surface area contributed by atoms with Crippen LogP contribution in [0.2, 0.25) is 0 Å². The third kappa shape index (κ3) is 5.30. The van der Waals surface area contributed by atoms with Crippen molar-refractivity contribution in [2.75, 3.05) is 13.7 Å². The Bertz CT molecular complexity index is 1040. The second-order valence-electron chi connectivity index (χ2n) is 6.98. The molecule has 0 aromatic heterocycles. The van der Waals surface area contributed by atoms with E-state index >= 15 is 0 Å². The number of methoxy groups -OCH3 is 1. The monoisotopic (exact) mass is 387 g/mol. The molecule has 148 valence electrons. The zero-order valence-corrected chi connectivity index (χ0v) is 16.8. The molecule has 1 N–H and O–H groups in total. The molecule has 0 saturated heterocycles. The van der Waals surface area contributed by atoms with Crippen molar-refractivity contribution in [1.82, 2.24) is 5.32 Å². The number of carbonyl (C=O) groups excluding carboxylic acids is 1. The van der Waals surface area contributed by atoms with Crippen molar-refractivity contribution in [1.29, 1.82) is 0 Å². The first-order valence-corrected chi connectivity index (χ1v) is 9.59. The van der Waals surface area contributed by atoms with E-state index in [0.717, 1.165) is 11.1 Å². The third-order valence-electron chi connectivity index (χ3n) is 4.81. The second kappa shape index (κ2) is 9.66. The minimum absolute atomic E-state index is 0.0183. The summed E-state index contributed by atoms with van der Waals surface area (Å²) in [7, 11) is 1.58. The first-order chi connectivity index (χ1) is 14.1. The zero-order chi connectivity index (χ0) is 20.6. The zero-order valence-electron chi connectivity index (χ0n) is 16.8. The largest absolute Gasteiger partial charge is 0.493 e. The Labute approximate surface area is 171 Å². The van der Waals surface area contributed by atoms with Crippen LogP contribution in [0.25, 0.3) is 10.8 Å². The van der Waals surface area contributed by atoms with E-state index in [2.05, 4.69) is 35.5 Å². The van der Waals surface area contributed by atoms with Crippen LogP contribution >= 0.6 is 0 Å². The summed E-state index contributed by atoms with van der Waals surface area (Å²) in [6.45, 7) is 2.62. The maximum Gasteiger partial charge on any atom is 0.223 e. The molecule has 0 spiro atoms. The molecule has 1 atom stereocenters. The lowest BCUT2D eigenvalue weighted by Gasteiger charge is -2.15. The number of nitrogens with one attached hydrogen (secondary N) is 1. The quantitative estimate of drug-likeness (QED) is 0.585. The SMILES string of the molecule is C#CCOc1ccc(CC(C)C(=O)NCc2ccc3ccccc3c2)cc1OC. The Morgan fingerprint density at radius 2 is 1.79 bits per heavy atom. The van der Waals surface area contributed by atoms with Crippen molar-refractivity contribution < 1.29 is 14.3 Å². The molecule has 3 aromatic carbocycles. The van der Waals surface area contributed by atoms with Crippen molar-refractivity contribution in [3.63, 3.8) is 0 Å². The second-order valence-corrected chi connectivity index (χ2v) is 6.98. The summed E-state index contributed by atoms with van der Waals surface area (Å²) in [5.41, 5.74) is 2.09. The minimum atomic E-state index is -0.169. The van der Waals surface area contributed by atoms with Gasteiger partial charge in [0, 0.05) is 12.5 Å². The van der Waals surface area contributed by atoms with Crippen LogP contribution in [0.1, 0.15) is 18.1 Å². The Hall–Kier alpha value is -3.45. The predicted molar refractivity (Wildman–Crippen MR) is 116 cm³/mol. The number of ether oxygens (including phenoxy) is 2. The molecule has 0 heterocycles. The van der Waals surface area contributed by atoms with E-state index in [0.29, 0.717) is 24.5 Å². The summed E-state index contributed by atoms with van der Waals surface area (Å²) in [5, 5.41) is 5.40. The summed E-state index contributed by atoms with van der Waals surface area (Å²) >= 11 is 0. The maximum atomic E-state index is 12.6. The minimum Gasteiger partial charge on any atom is -0.493 e. The highest BCUT2D eigenvalue weighted by molar-refractivity contribution is 5.83. The number of hydrogen-bond donors (Lipinski definition) is 1. The molecule has 0 saturated carbocycles. The van der Waals surface area contributed by atoms with Crippen LogP contribution in [0.3, 0.4) is 0 Å². The average Bonchev–Trinajstić information content (AvgIpc) is 2.76. The summed E-state index contributed by atoms with van der Waals surface area (Å²) in [6, 6.07) is 20.1. The van der Waals surface area contributed by atoms with E-state index in [4.69, 9.17) is 15.9 Å². The third-order valence-corrected chi connectivity index (χ3v) is 4.81. The number of carbonyl (C=O) groups is 1. The number of hydrogen-bond acceptors (Lipinski definition) is 3. The van der Waals surface area contributed by atoms with Gasteiger partial charge in [0.05, 0.1) is 7.11 Å². The van der Waals surface area contributed by atoms with E-state index < -0.39 is 0 Å². The van der Waals surface area contributed by atoms with Crippen molar-refractivity contribution in [2.45, 2.75) is 19.9 Å². The van der Waals surface area contributed by atoms with E-state index in [-0.39, 0.29) is 18.4 Å². The van der Waals surface area contributed by atoms with Crippen LogP contribution in [0.5, 0.6) is 11.5 Å². The molecule has 0 aliphatic rings. The van der Waals surface area contributed by atoms with Crippen LogP contribution < -0.4 is 14.8 Å². The fraction of sp³-hybridized carbons (Fsp3) is 0.240. The fourth-order valence-corrected chi connectivity index (χ4v) is 3.24. The molecule has 1 amide bonds. The number of benzene rings is 3. The van der Waals surface area contributed by atoms with Gasteiger partial charge < -0.3 is 14.8 Å². The molecule has 0 fully saturated rings. The van der Waals surface area contributed by atoms with Crippen LogP contribution in [0, 0.1) is 18.3 Å². The van der Waals surface area contributed by atoms with Crippen LogP contribution in [-0.4, -0.2) is 19.6 Å². The first-order valence-electron chi connectivity index (χ1n) is 9.59. The number of amides is 1. The molecule has 0 aliphatic carbocycles. The van der Waals surface area contributed by atoms with Crippen molar-refractivity contribution in [3.05, 3.63) is 71.8 Å². The summed E-state index contributed by atoms with van der Waals surface area (Å²) < 4.78 is 10.8. The topological polar surface area (TPSA) is 47.6 Å². The standard InChI is InChI=1S/C25H25NO3/c1-4-13-29-23-12-10-19(16-24(23)28-3)14-18(2)25(27)26-17-20-9-11-21-7-5-6-8-22(21)15-20/h1,5-12,15-16,18H,13-14,17H2,2-3H3,(H,26,27). The number of terminal acetylenes is 1. The lowest BCUT2D eigenvalue weighted by molar-refractivity contribution is -0.124. The Kier molecular flexibility index (Phi) is 6.76. The molecule has 4 heteroatoms. The lowest BCUT2D eigenvalue weighted by atomic mass is 9.99. The first kappa shape index (κ1) is 20.3. The van der Waals surface area contributed by atoms with Crippen LogP contribution in [-0.2, 0) is 17.8 Å². The van der Waals surface area contributed by atoms with Gasteiger partial charge in [-0.1, -0.05) is 55.3 Å². The molecular formula is C25H25NO3. The van der Waals surface area contributed by atoms with Gasteiger partial charge in [-0.05, 0) is 46.5 Å². The van der Waals surface area contributed by atoms with Gasteiger partial charge in [0.15, 0.2) is 11.5 Å². The van der Waals surface area contributed by atoms with Gasteiger partial charge >= 0.3 is 0 Å². The smallest absolute Gasteiger partial charge is 0.223 e. The molecule has 29 heavy (non-hydrogen) atoms. The fourth-order valence-electron chi connectivity index (χ4n) is 3.24. The Morgan fingerprint density at radius 3 is 2.55 bits per heavy atom. The van der Waals surface area contributed by atoms with Gasteiger partial charge in [-0.15, -0.1) is 6.42 Å². The highest BCUT2D eigenvalue weighted by Gasteiger charge is 2.15. The summed E-state index contributed by atoms with van der Waals surface area (Å²) in [6.07, 6.45) is 5.84. The number of rotatable bonds is 8. The maximum absolute atomic E-state index is 12.6. The van der Waals surface area contributed by atoms with Gasteiger partial charge in [-0.2, -0.15) is 0 Å². The van der Waals surface area contributed by atoms with Gasteiger partial charge in [-0.25, -0.2) is 0 Å². The van der Waals surface area contributed by atoms with Crippen molar-refractivity contribution in [3.8, 4) is 23.8 Å². The molecule has 4 nitrogen and oxygen atoms in total. The molecule has 0 radical (unpaired) electrons. The average molecular weight is 387 g/mol. The van der Waals surface area contributed by atoms with Crippen LogP contribution in [0.4, 0.5) is 0 Å². The molecule has 3 aromatic rings. The highest BCUT2D eigenvalue weighted by Crippen LogP contribution is 2.29. The summed E-state index contributed by atoms with van der Waals surface area (Å²) in [5.74, 6) is 3.50. The lowest BCUT2D eigenvalue weighted by Crippen LogP contribution is -2.29. The van der Waals surface area contributed by atoms with E-state index in [1.54, 1.807) is 7.11 Å². The van der Waals surface area contributed by atoms with Gasteiger partial charge in [0.2, 0.25) is 5.91 Å². The van der Waals surface area contributed by atoms with Gasteiger partial charge in [0.1, 0.15) is 6.61 Å². The molecule has 0 bridgehead atoms. The van der Waals surface area contributed by atoms with Crippen molar-refractivity contribution >= 4 is 16.7 Å². The molecule has 0 aliphatic heterocycles.